The van der Waals surface area contributed by atoms with Crippen molar-refractivity contribution in [3.05, 3.63) is 23.7 Å². The molecule has 0 heterocycles. The molecule has 0 fully saturated rings. The van der Waals surface area contributed by atoms with Crippen molar-refractivity contribution in [2.75, 3.05) is 7.11 Å². The second kappa shape index (κ2) is 2.99. The van der Waals surface area contributed by atoms with Crippen molar-refractivity contribution in [3.8, 4) is 0 Å². The number of methoxy groups -OCH3 is 1. The Morgan fingerprint density at radius 3 is 2.36 bits per heavy atom. The Balaban J connectivity index is 2.82. The minimum Gasteiger partial charge on any atom is -0.504 e. The monoisotopic (exact) mass is 154 g/mol. The van der Waals surface area contributed by atoms with Crippen LogP contribution in [0.4, 0.5) is 0 Å². The van der Waals surface area contributed by atoms with Crippen LogP contribution >= 0.6 is 0 Å². The van der Waals surface area contributed by atoms with Crippen LogP contribution in [0.3, 0.4) is 0 Å². The van der Waals surface area contributed by atoms with E-state index < -0.39 is 0 Å². The van der Waals surface area contributed by atoms with E-state index in [4.69, 9.17) is 4.74 Å². The van der Waals surface area contributed by atoms with Gasteiger partial charge in [0.15, 0.2) is 11.5 Å². The van der Waals surface area contributed by atoms with Crippen molar-refractivity contribution in [1.29, 1.82) is 0 Å². The molecule has 2 atom stereocenters. The molecule has 1 aliphatic carbocycles. The maximum absolute atomic E-state index is 9.32. The van der Waals surface area contributed by atoms with Crippen LogP contribution in [0.1, 0.15) is 13.8 Å². The second-order valence-corrected chi connectivity index (χ2v) is 3.01. The number of hydrogen-bond acceptors (Lipinski definition) is 2. The second-order valence-electron chi connectivity index (χ2n) is 3.01. The Morgan fingerprint density at radius 1 is 1.27 bits per heavy atom. The molecule has 0 aliphatic heterocycles. The van der Waals surface area contributed by atoms with Crippen LogP contribution in [0, 0.1) is 11.8 Å². The van der Waals surface area contributed by atoms with E-state index in [-0.39, 0.29) is 5.76 Å². The largest absolute Gasteiger partial charge is 0.504 e. The van der Waals surface area contributed by atoms with Crippen molar-refractivity contribution in [2.24, 2.45) is 11.8 Å². The summed E-state index contributed by atoms with van der Waals surface area (Å²) in [6.45, 7) is 4.18. The molecular formula is C9H14O2. The summed E-state index contributed by atoms with van der Waals surface area (Å²) in [6, 6.07) is 0. The van der Waals surface area contributed by atoms with Gasteiger partial charge in [0, 0.05) is 0 Å². The molecule has 0 saturated carbocycles. The van der Waals surface area contributed by atoms with Gasteiger partial charge in [0.25, 0.3) is 0 Å². The first-order valence-electron chi connectivity index (χ1n) is 3.82. The highest BCUT2D eigenvalue weighted by molar-refractivity contribution is 5.25. The van der Waals surface area contributed by atoms with E-state index in [1.165, 1.54) is 0 Å². The van der Waals surface area contributed by atoms with Gasteiger partial charge in [-0.25, -0.2) is 0 Å². The molecule has 0 aromatic heterocycles. The van der Waals surface area contributed by atoms with E-state index in [9.17, 15) is 5.11 Å². The number of hydrogen-bond donors (Lipinski definition) is 1. The molecule has 0 aromatic rings. The fourth-order valence-corrected chi connectivity index (χ4v) is 1.13. The SMILES string of the molecule is COC1=CC(C)C(C)C=C1O. The predicted octanol–water partition coefficient (Wildman–Crippen LogP) is 2.24. The van der Waals surface area contributed by atoms with Gasteiger partial charge in [0.1, 0.15) is 0 Å². The van der Waals surface area contributed by atoms with Gasteiger partial charge in [-0.2, -0.15) is 0 Å². The first-order valence-corrected chi connectivity index (χ1v) is 3.82. The highest BCUT2D eigenvalue weighted by Crippen LogP contribution is 2.25. The molecular weight excluding hydrogens is 140 g/mol. The zero-order chi connectivity index (χ0) is 8.43. The normalized spacial score (nSPS) is 30.8. The molecule has 0 radical (unpaired) electrons. The lowest BCUT2D eigenvalue weighted by molar-refractivity contribution is 0.242. The summed E-state index contributed by atoms with van der Waals surface area (Å²) in [5.41, 5.74) is 0. The average molecular weight is 154 g/mol. The summed E-state index contributed by atoms with van der Waals surface area (Å²) in [5.74, 6) is 1.70. The van der Waals surface area contributed by atoms with Crippen LogP contribution in [-0.4, -0.2) is 12.2 Å². The molecule has 0 saturated heterocycles. The summed E-state index contributed by atoms with van der Waals surface area (Å²) in [4.78, 5) is 0. The molecule has 0 spiro atoms. The van der Waals surface area contributed by atoms with Gasteiger partial charge in [0.2, 0.25) is 0 Å². The molecule has 0 aromatic carbocycles. The molecule has 2 heteroatoms. The van der Waals surface area contributed by atoms with Gasteiger partial charge in [-0.3, -0.25) is 0 Å². The Labute approximate surface area is 67.2 Å². The van der Waals surface area contributed by atoms with Crippen LogP contribution in [0.15, 0.2) is 23.7 Å². The van der Waals surface area contributed by atoms with Crippen molar-refractivity contribution < 1.29 is 9.84 Å². The molecule has 0 bridgehead atoms. The average Bonchev–Trinajstić information content (AvgIpc) is 1.97. The Kier molecular flexibility index (Phi) is 2.22. The molecule has 2 nitrogen and oxygen atoms in total. The Bertz CT molecular complexity index is 204. The van der Waals surface area contributed by atoms with Gasteiger partial charge in [-0.15, -0.1) is 0 Å². The quantitative estimate of drug-likeness (QED) is 0.627. The number of aliphatic hydroxyl groups is 1. The Hall–Kier alpha value is -0.920. The zero-order valence-electron chi connectivity index (χ0n) is 7.16. The van der Waals surface area contributed by atoms with Crippen LogP contribution in [0.5, 0.6) is 0 Å². The lowest BCUT2D eigenvalue weighted by Gasteiger charge is -2.20. The van der Waals surface area contributed by atoms with Gasteiger partial charge < -0.3 is 9.84 Å². The highest BCUT2D eigenvalue weighted by atomic mass is 16.5. The fourth-order valence-electron chi connectivity index (χ4n) is 1.13. The van der Waals surface area contributed by atoms with E-state index in [0.717, 1.165) is 0 Å². The molecule has 0 amide bonds. The molecule has 1 rings (SSSR count). The number of allylic oxidation sites excluding steroid dienone is 2. The van der Waals surface area contributed by atoms with Crippen molar-refractivity contribution in [1.82, 2.24) is 0 Å². The van der Waals surface area contributed by atoms with Crippen molar-refractivity contribution in [2.45, 2.75) is 13.8 Å². The summed E-state index contributed by atoms with van der Waals surface area (Å²) < 4.78 is 4.96. The molecule has 1 N–H and O–H groups in total. The first kappa shape index (κ1) is 8.18. The van der Waals surface area contributed by atoms with E-state index >= 15 is 0 Å². The predicted molar refractivity (Wildman–Crippen MR) is 44.1 cm³/mol. The standard InChI is InChI=1S/C9H14O2/c1-6-4-8(10)9(11-3)5-7(6)2/h4-7,10H,1-3H3. The lowest BCUT2D eigenvalue weighted by atomic mass is 9.90. The summed E-state index contributed by atoms with van der Waals surface area (Å²) in [5, 5.41) is 9.32. The third kappa shape index (κ3) is 1.56. The van der Waals surface area contributed by atoms with Crippen LogP contribution in [0.25, 0.3) is 0 Å². The molecule has 11 heavy (non-hydrogen) atoms. The summed E-state index contributed by atoms with van der Waals surface area (Å²) in [7, 11) is 1.57. The van der Waals surface area contributed by atoms with Crippen molar-refractivity contribution >= 4 is 0 Å². The summed E-state index contributed by atoms with van der Waals surface area (Å²) >= 11 is 0. The summed E-state index contributed by atoms with van der Waals surface area (Å²) in [6.07, 6.45) is 3.77. The molecule has 1 aliphatic rings. The highest BCUT2D eigenvalue weighted by Gasteiger charge is 2.17. The van der Waals surface area contributed by atoms with Crippen LogP contribution in [0.2, 0.25) is 0 Å². The van der Waals surface area contributed by atoms with E-state index in [1.807, 2.05) is 12.2 Å². The minimum absolute atomic E-state index is 0.262. The number of ether oxygens (including phenoxy) is 1. The van der Waals surface area contributed by atoms with Crippen molar-refractivity contribution in [3.63, 3.8) is 0 Å². The van der Waals surface area contributed by atoms with E-state index in [1.54, 1.807) is 7.11 Å². The maximum Gasteiger partial charge on any atom is 0.156 e. The van der Waals surface area contributed by atoms with Gasteiger partial charge in [-0.05, 0) is 24.0 Å². The third-order valence-corrected chi connectivity index (χ3v) is 2.14. The third-order valence-electron chi connectivity index (χ3n) is 2.14. The maximum atomic E-state index is 9.32. The fraction of sp³-hybridized carbons (Fsp3) is 0.556. The smallest absolute Gasteiger partial charge is 0.156 e. The lowest BCUT2D eigenvalue weighted by Crippen LogP contribution is -2.11. The van der Waals surface area contributed by atoms with Gasteiger partial charge in [0.05, 0.1) is 7.11 Å². The van der Waals surface area contributed by atoms with E-state index in [0.29, 0.717) is 17.6 Å². The van der Waals surface area contributed by atoms with Crippen LogP contribution in [-0.2, 0) is 4.74 Å². The molecule has 62 valence electrons. The number of rotatable bonds is 1. The zero-order valence-corrected chi connectivity index (χ0v) is 7.16. The molecule has 2 unspecified atom stereocenters. The Morgan fingerprint density at radius 2 is 1.82 bits per heavy atom. The van der Waals surface area contributed by atoms with Gasteiger partial charge in [-0.1, -0.05) is 13.8 Å². The minimum atomic E-state index is 0.262. The number of aliphatic hydroxyl groups excluding tert-OH is 1. The van der Waals surface area contributed by atoms with E-state index in [2.05, 4.69) is 13.8 Å². The van der Waals surface area contributed by atoms with Crippen LogP contribution < -0.4 is 0 Å². The first-order chi connectivity index (χ1) is 5.15. The van der Waals surface area contributed by atoms with Gasteiger partial charge >= 0.3 is 0 Å². The topological polar surface area (TPSA) is 29.5 Å².